The first kappa shape index (κ1) is 15.7. The van der Waals surface area contributed by atoms with Crippen LogP contribution in [0.2, 0.25) is 0 Å². The summed E-state index contributed by atoms with van der Waals surface area (Å²) in [4.78, 5) is 2.27. The molecule has 20 heavy (non-hydrogen) atoms. The molecular weight excluding hydrogens is 332 g/mol. The van der Waals surface area contributed by atoms with E-state index in [-0.39, 0.29) is 18.5 Å². The van der Waals surface area contributed by atoms with Crippen LogP contribution in [0.15, 0.2) is 16.6 Å². The molecule has 0 saturated carbocycles. The van der Waals surface area contributed by atoms with E-state index in [0.29, 0.717) is 17.1 Å². The lowest BCUT2D eigenvalue weighted by molar-refractivity contribution is -0.0569. The average molecular weight is 350 g/mol. The molecule has 3 nitrogen and oxygen atoms in total. The van der Waals surface area contributed by atoms with Crippen LogP contribution in [-0.4, -0.2) is 43.3 Å². The molecular formula is C14H18BrF2NO2. The van der Waals surface area contributed by atoms with Crippen molar-refractivity contribution in [3.63, 3.8) is 0 Å². The largest absolute Gasteiger partial charge is 0.488 e. The van der Waals surface area contributed by atoms with Gasteiger partial charge < -0.3 is 9.47 Å². The van der Waals surface area contributed by atoms with Crippen molar-refractivity contribution < 1.29 is 18.3 Å². The second-order valence-corrected chi connectivity index (χ2v) is 6.01. The van der Waals surface area contributed by atoms with Gasteiger partial charge in [0.1, 0.15) is 12.7 Å². The molecule has 1 unspecified atom stereocenters. The summed E-state index contributed by atoms with van der Waals surface area (Å²) in [5, 5.41) is 0. The predicted octanol–water partition coefficient (Wildman–Crippen LogP) is 3.22. The van der Waals surface area contributed by atoms with E-state index in [1.165, 1.54) is 6.07 Å². The van der Waals surface area contributed by atoms with Crippen molar-refractivity contribution in [2.45, 2.75) is 26.0 Å². The summed E-state index contributed by atoms with van der Waals surface area (Å²) in [6, 6.07) is 2.92. The Morgan fingerprint density at radius 1 is 1.45 bits per heavy atom. The number of hydrogen-bond donors (Lipinski definition) is 0. The molecule has 1 aromatic rings. The number of ether oxygens (including phenoxy) is 2. The fourth-order valence-corrected chi connectivity index (χ4v) is 2.54. The van der Waals surface area contributed by atoms with Gasteiger partial charge in [0, 0.05) is 23.6 Å². The maximum absolute atomic E-state index is 13.6. The van der Waals surface area contributed by atoms with Crippen LogP contribution in [0.1, 0.15) is 13.8 Å². The summed E-state index contributed by atoms with van der Waals surface area (Å²) in [5.74, 6) is -1.99. The topological polar surface area (TPSA) is 21.7 Å². The van der Waals surface area contributed by atoms with Gasteiger partial charge in [-0.3, -0.25) is 4.90 Å². The van der Waals surface area contributed by atoms with E-state index in [9.17, 15) is 8.78 Å². The van der Waals surface area contributed by atoms with E-state index < -0.39 is 11.6 Å². The highest BCUT2D eigenvalue weighted by molar-refractivity contribution is 9.10. The highest BCUT2D eigenvalue weighted by Crippen LogP contribution is 2.25. The molecule has 0 aliphatic carbocycles. The Bertz CT molecular complexity index is 471. The van der Waals surface area contributed by atoms with Gasteiger partial charge in [0.2, 0.25) is 5.82 Å². The molecule has 0 radical (unpaired) electrons. The standard InChI is InChI=1S/C14H18BrF2NO2/c1-9(2)18-3-4-19-11(7-18)8-20-13-6-10(15)5-12(16)14(13)17/h5-6,9,11H,3-4,7-8H2,1-2H3. The van der Waals surface area contributed by atoms with E-state index in [1.807, 2.05) is 0 Å². The Kier molecular flexibility index (Phi) is 5.35. The highest BCUT2D eigenvalue weighted by atomic mass is 79.9. The Hall–Kier alpha value is -0.720. The molecule has 0 amide bonds. The van der Waals surface area contributed by atoms with Gasteiger partial charge in [-0.15, -0.1) is 0 Å². The van der Waals surface area contributed by atoms with Crippen molar-refractivity contribution in [1.29, 1.82) is 0 Å². The van der Waals surface area contributed by atoms with Crippen LogP contribution in [0.5, 0.6) is 5.75 Å². The van der Waals surface area contributed by atoms with E-state index in [1.54, 1.807) is 0 Å². The zero-order chi connectivity index (χ0) is 14.7. The molecule has 112 valence electrons. The monoisotopic (exact) mass is 349 g/mol. The fraction of sp³-hybridized carbons (Fsp3) is 0.571. The molecule has 0 N–H and O–H groups in total. The number of rotatable bonds is 4. The lowest BCUT2D eigenvalue weighted by Crippen LogP contribution is -2.47. The normalized spacial score (nSPS) is 20.4. The molecule has 2 rings (SSSR count). The van der Waals surface area contributed by atoms with E-state index in [4.69, 9.17) is 9.47 Å². The predicted molar refractivity (Wildman–Crippen MR) is 76.0 cm³/mol. The smallest absolute Gasteiger partial charge is 0.200 e. The molecule has 0 spiro atoms. The van der Waals surface area contributed by atoms with E-state index >= 15 is 0 Å². The minimum atomic E-state index is -0.968. The minimum absolute atomic E-state index is 0.0952. The Balaban J connectivity index is 1.95. The van der Waals surface area contributed by atoms with Crippen molar-refractivity contribution >= 4 is 15.9 Å². The molecule has 1 aliphatic rings. The van der Waals surface area contributed by atoms with Gasteiger partial charge >= 0.3 is 0 Å². The fourth-order valence-electron chi connectivity index (χ4n) is 2.13. The van der Waals surface area contributed by atoms with E-state index in [0.717, 1.165) is 19.2 Å². The first-order valence-electron chi connectivity index (χ1n) is 6.60. The van der Waals surface area contributed by atoms with Crippen LogP contribution in [0.4, 0.5) is 8.78 Å². The quantitative estimate of drug-likeness (QED) is 0.779. The zero-order valence-corrected chi connectivity index (χ0v) is 13.1. The minimum Gasteiger partial charge on any atom is -0.488 e. The maximum atomic E-state index is 13.6. The van der Waals surface area contributed by atoms with Gasteiger partial charge in [0.05, 0.1) is 6.61 Å². The van der Waals surface area contributed by atoms with Crippen LogP contribution >= 0.6 is 15.9 Å². The third kappa shape index (κ3) is 3.90. The summed E-state index contributed by atoms with van der Waals surface area (Å²) in [5.41, 5.74) is 0. The first-order chi connectivity index (χ1) is 9.47. The summed E-state index contributed by atoms with van der Waals surface area (Å²) in [6.45, 7) is 6.68. The summed E-state index contributed by atoms with van der Waals surface area (Å²) < 4.78 is 38.2. The van der Waals surface area contributed by atoms with Crippen molar-refractivity contribution in [3.8, 4) is 5.75 Å². The first-order valence-corrected chi connectivity index (χ1v) is 7.39. The lowest BCUT2D eigenvalue weighted by atomic mass is 10.2. The molecule has 1 fully saturated rings. The van der Waals surface area contributed by atoms with Gasteiger partial charge in [-0.25, -0.2) is 4.39 Å². The third-order valence-corrected chi connectivity index (χ3v) is 3.74. The molecule has 6 heteroatoms. The maximum Gasteiger partial charge on any atom is 0.200 e. The molecule has 0 bridgehead atoms. The molecule has 1 atom stereocenters. The Labute approximate surface area is 126 Å². The summed E-state index contributed by atoms with van der Waals surface area (Å²) in [6.07, 6.45) is -0.132. The van der Waals surface area contributed by atoms with Crippen molar-refractivity contribution in [2.24, 2.45) is 0 Å². The van der Waals surface area contributed by atoms with Crippen LogP contribution < -0.4 is 4.74 Å². The summed E-state index contributed by atoms with van der Waals surface area (Å²) in [7, 11) is 0. The van der Waals surface area contributed by atoms with Gasteiger partial charge in [-0.2, -0.15) is 4.39 Å². The number of morpholine rings is 1. The number of halogens is 3. The van der Waals surface area contributed by atoms with Crippen LogP contribution in [0.3, 0.4) is 0 Å². The van der Waals surface area contributed by atoms with Gasteiger partial charge in [-0.05, 0) is 26.0 Å². The lowest BCUT2D eigenvalue weighted by Gasteiger charge is -2.35. The van der Waals surface area contributed by atoms with Crippen LogP contribution in [0, 0.1) is 11.6 Å². The molecule has 1 heterocycles. The molecule has 1 aromatic carbocycles. The average Bonchev–Trinajstić information content (AvgIpc) is 2.41. The molecule has 0 aromatic heterocycles. The third-order valence-electron chi connectivity index (χ3n) is 3.28. The van der Waals surface area contributed by atoms with Gasteiger partial charge in [0.25, 0.3) is 0 Å². The Morgan fingerprint density at radius 2 is 2.20 bits per heavy atom. The van der Waals surface area contributed by atoms with Crippen LogP contribution in [-0.2, 0) is 4.74 Å². The number of hydrogen-bond acceptors (Lipinski definition) is 3. The second-order valence-electron chi connectivity index (χ2n) is 5.09. The van der Waals surface area contributed by atoms with Crippen molar-refractivity contribution in [1.82, 2.24) is 4.90 Å². The van der Waals surface area contributed by atoms with Crippen LogP contribution in [0.25, 0.3) is 0 Å². The Morgan fingerprint density at radius 3 is 2.90 bits per heavy atom. The second kappa shape index (κ2) is 6.83. The zero-order valence-electron chi connectivity index (χ0n) is 11.5. The SMILES string of the molecule is CC(C)N1CCOC(COc2cc(Br)cc(F)c2F)C1. The molecule has 1 saturated heterocycles. The van der Waals surface area contributed by atoms with Crippen molar-refractivity contribution in [3.05, 3.63) is 28.2 Å². The van der Waals surface area contributed by atoms with Gasteiger partial charge in [-0.1, -0.05) is 15.9 Å². The highest BCUT2D eigenvalue weighted by Gasteiger charge is 2.23. The number of nitrogens with zero attached hydrogens (tertiary/aromatic N) is 1. The van der Waals surface area contributed by atoms with E-state index in [2.05, 4.69) is 34.7 Å². The van der Waals surface area contributed by atoms with Crippen molar-refractivity contribution in [2.75, 3.05) is 26.3 Å². The van der Waals surface area contributed by atoms with Gasteiger partial charge in [0.15, 0.2) is 11.6 Å². The summed E-state index contributed by atoms with van der Waals surface area (Å²) >= 11 is 3.12. The molecule has 1 aliphatic heterocycles. The number of benzene rings is 1.